The second-order valence-corrected chi connectivity index (χ2v) is 4.55. The third kappa shape index (κ3) is 5.67. The molecule has 1 rings (SSSR count). The first-order valence-corrected chi connectivity index (χ1v) is 6.80. The summed E-state index contributed by atoms with van der Waals surface area (Å²) in [6.45, 7) is 2.36. The Morgan fingerprint density at radius 3 is 2.81 bits per heavy atom. The number of amides is 2. The molecule has 0 aliphatic carbocycles. The molecular weight excluding hydrogens is 268 g/mol. The van der Waals surface area contributed by atoms with E-state index in [9.17, 15) is 9.59 Å². The number of aliphatic hydroxyl groups is 1. The third-order valence-corrected chi connectivity index (χ3v) is 2.72. The van der Waals surface area contributed by atoms with Gasteiger partial charge in [0.15, 0.2) is 0 Å². The van der Waals surface area contributed by atoms with Gasteiger partial charge >= 0.3 is 0 Å². The molecule has 5 nitrogen and oxygen atoms in total. The number of hydrogen-bond donors (Lipinski definition) is 2. The summed E-state index contributed by atoms with van der Waals surface area (Å²) in [5.74, 6) is 4.86. The summed E-state index contributed by atoms with van der Waals surface area (Å²) >= 11 is 0. The Labute approximate surface area is 125 Å². The molecule has 2 N–H and O–H groups in total. The lowest BCUT2D eigenvalue weighted by Gasteiger charge is -2.16. The van der Waals surface area contributed by atoms with E-state index in [4.69, 9.17) is 5.11 Å². The quantitative estimate of drug-likeness (QED) is 0.781. The maximum atomic E-state index is 12.2. The van der Waals surface area contributed by atoms with Crippen LogP contribution >= 0.6 is 0 Å². The number of likely N-dealkylation sites (N-methyl/N-ethyl adjacent to an activating group) is 1. The van der Waals surface area contributed by atoms with Crippen molar-refractivity contribution in [3.63, 3.8) is 0 Å². The Kier molecular flexibility index (Phi) is 6.99. The lowest BCUT2D eigenvalue weighted by molar-refractivity contribution is -0.121. The van der Waals surface area contributed by atoms with Crippen molar-refractivity contribution in [2.45, 2.75) is 13.3 Å². The van der Waals surface area contributed by atoms with E-state index in [2.05, 4.69) is 17.2 Å². The molecule has 0 aliphatic heterocycles. The molecule has 0 saturated heterocycles. The van der Waals surface area contributed by atoms with Crippen molar-refractivity contribution < 1.29 is 14.7 Å². The van der Waals surface area contributed by atoms with Crippen LogP contribution in [0.15, 0.2) is 24.3 Å². The Morgan fingerprint density at radius 1 is 1.38 bits per heavy atom. The fraction of sp³-hybridized carbons (Fsp3) is 0.375. The molecule has 1 aromatic rings. The minimum Gasteiger partial charge on any atom is -0.384 e. The van der Waals surface area contributed by atoms with E-state index >= 15 is 0 Å². The maximum Gasteiger partial charge on any atom is 0.254 e. The maximum absolute atomic E-state index is 12.2. The van der Waals surface area contributed by atoms with Gasteiger partial charge in [0, 0.05) is 24.7 Å². The molecule has 112 valence electrons. The van der Waals surface area contributed by atoms with E-state index in [1.807, 2.05) is 6.92 Å². The molecule has 5 heteroatoms. The van der Waals surface area contributed by atoms with Crippen molar-refractivity contribution in [3.05, 3.63) is 35.4 Å². The van der Waals surface area contributed by atoms with E-state index in [1.54, 1.807) is 31.3 Å². The van der Waals surface area contributed by atoms with Crippen LogP contribution in [0, 0.1) is 11.8 Å². The second-order valence-electron chi connectivity index (χ2n) is 4.55. The molecule has 0 aromatic heterocycles. The molecule has 0 unspecified atom stereocenters. The van der Waals surface area contributed by atoms with Gasteiger partial charge in [-0.05, 0) is 24.6 Å². The smallest absolute Gasteiger partial charge is 0.254 e. The summed E-state index contributed by atoms with van der Waals surface area (Å²) in [7, 11) is 1.58. The summed E-state index contributed by atoms with van der Waals surface area (Å²) in [6.07, 6.45) is 0.856. The largest absolute Gasteiger partial charge is 0.384 e. The number of nitrogens with zero attached hydrogens (tertiary/aromatic N) is 1. The van der Waals surface area contributed by atoms with E-state index < -0.39 is 0 Å². The molecule has 0 atom stereocenters. The van der Waals surface area contributed by atoms with Crippen LogP contribution in [0.5, 0.6) is 0 Å². The summed E-state index contributed by atoms with van der Waals surface area (Å²) in [6, 6.07) is 6.80. The van der Waals surface area contributed by atoms with Crippen molar-refractivity contribution in [3.8, 4) is 11.8 Å². The van der Waals surface area contributed by atoms with Crippen LogP contribution in [0.4, 0.5) is 0 Å². The molecule has 0 saturated carbocycles. The second kappa shape index (κ2) is 8.77. The molecule has 0 heterocycles. The minimum atomic E-state index is -0.241. The normalized spacial score (nSPS) is 9.48. The van der Waals surface area contributed by atoms with Crippen LogP contribution in [0.2, 0.25) is 0 Å². The van der Waals surface area contributed by atoms with Gasteiger partial charge in [0.1, 0.15) is 6.61 Å². The monoisotopic (exact) mass is 288 g/mol. The van der Waals surface area contributed by atoms with Gasteiger partial charge in [-0.1, -0.05) is 24.8 Å². The van der Waals surface area contributed by atoms with Gasteiger partial charge in [0.25, 0.3) is 5.91 Å². The van der Waals surface area contributed by atoms with Crippen LogP contribution in [0.1, 0.15) is 29.3 Å². The Hall–Kier alpha value is -2.32. The lowest BCUT2D eigenvalue weighted by Crippen LogP contribution is -2.38. The van der Waals surface area contributed by atoms with E-state index in [-0.39, 0.29) is 25.0 Å². The summed E-state index contributed by atoms with van der Waals surface area (Å²) in [5, 5.41) is 11.4. The molecule has 0 aliphatic rings. The van der Waals surface area contributed by atoms with Crippen molar-refractivity contribution in [1.29, 1.82) is 0 Å². The van der Waals surface area contributed by atoms with Crippen LogP contribution < -0.4 is 5.32 Å². The summed E-state index contributed by atoms with van der Waals surface area (Å²) in [4.78, 5) is 25.2. The zero-order chi connectivity index (χ0) is 15.7. The average molecular weight is 288 g/mol. The molecule has 2 amide bonds. The van der Waals surface area contributed by atoms with Gasteiger partial charge in [-0.2, -0.15) is 0 Å². The van der Waals surface area contributed by atoms with E-state index in [0.717, 1.165) is 6.42 Å². The number of nitrogens with one attached hydrogen (secondary N) is 1. The number of benzene rings is 1. The predicted octanol–water partition coefficient (Wildman–Crippen LogP) is 0.629. The SMILES string of the molecule is CCCNC(=O)CN(C)C(=O)c1cccc(C#CCO)c1. The van der Waals surface area contributed by atoms with Gasteiger partial charge in [-0.25, -0.2) is 0 Å². The molecule has 0 radical (unpaired) electrons. The molecule has 21 heavy (non-hydrogen) atoms. The molecule has 0 fully saturated rings. The first-order chi connectivity index (χ1) is 10.1. The van der Waals surface area contributed by atoms with Crippen LogP contribution in [-0.2, 0) is 4.79 Å². The average Bonchev–Trinajstić information content (AvgIpc) is 2.50. The fourth-order valence-electron chi connectivity index (χ4n) is 1.70. The number of hydrogen-bond acceptors (Lipinski definition) is 3. The Bertz CT molecular complexity index is 558. The number of carbonyl (C=O) groups is 2. The highest BCUT2D eigenvalue weighted by Crippen LogP contribution is 2.07. The van der Waals surface area contributed by atoms with Crippen LogP contribution in [0.3, 0.4) is 0 Å². The van der Waals surface area contributed by atoms with Gasteiger partial charge in [-0.3, -0.25) is 9.59 Å². The third-order valence-electron chi connectivity index (χ3n) is 2.72. The predicted molar refractivity (Wildman–Crippen MR) is 80.7 cm³/mol. The first kappa shape index (κ1) is 16.7. The van der Waals surface area contributed by atoms with Gasteiger partial charge in [0.05, 0.1) is 6.54 Å². The first-order valence-electron chi connectivity index (χ1n) is 6.80. The number of aliphatic hydroxyl groups excluding tert-OH is 1. The molecule has 1 aromatic carbocycles. The zero-order valence-electron chi connectivity index (χ0n) is 12.3. The standard InChI is InChI=1S/C16H20N2O3/c1-3-9-17-15(20)12-18(2)16(21)14-8-4-6-13(11-14)7-5-10-19/h4,6,8,11,19H,3,9-10,12H2,1-2H3,(H,17,20). The molecule has 0 bridgehead atoms. The van der Waals surface area contributed by atoms with E-state index in [1.165, 1.54) is 4.90 Å². The zero-order valence-corrected chi connectivity index (χ0v) is 12.3. The van der Waals surface area contributed by atoms with Crippen LogP contribution in [-0.4, -0.2) is 48.6 Å². The van der Waals surface area contributed by atoms with Gasteiger partial charge < -0.3 is 15.3 Å². The van der Waals surface area contributed by atoms with Crippen molar-refractivity contribution >= 4 is 11.8 Å². The Balaban J connectivity index is 2.71. The number of carbonyl (C=O) groups excluding carboxylic acids is 2. The van der Waals surface area contributed by atoms with Crippen LogP contribution in [0.25, 0.3) is 0 Å². The highest BCUT2D eigenvalue weighted by Gasteiger charge is 2.14. The van der Waals surface area contributed by atoms with E-state index in [0.29, 0.717) is 17.7 Å². The molecular formula is C16H20N2O3. The van der Waals surface area contributed by atoms with Gasteiger partial charge in [-0.15, -0.1) is 0 Å². The topological polar surface area (TPSA) is 69.6 Å². The van der Waals surface area contributed by atoms with Gasteiger partial charge in [0.2, 0.25) is 5.91 Å². The highest BCUT2D eigenvalue weighted by molar-refractivity contribution is 5.96. The van der Waals surface area contributed by atoms with Crippen molar-refractivity contribution in [1.82, 2.24) is 10.2 Å². The summed E-state index contributed by atoms with van der Waals surface area (Å²) in [5.41, 5.74) is 1.12. The van der Waals surface area contributed by atoms with Crippen molar-refractivity contribution in [2.75, 3.05) is 26.7 Å². The fourth-order valence-corrected chi connectivity index (χ4v) is 1.70. The lowest BCUT2D eigenvalue weighted by atomic mass is 10.1. The number of rotatable bonds is 5. The summed E-state index contributed by atoms with van der Waals surface area (Å²) < 4.78 is 0. The molecule has 0 spiro atoms. The van der Waals surface area contributed by atoms with Crippen molar-refractivity contribution in [2.24, 2.45) is 0 Å². The highest BCUT2D eigenvalue weighted by atomic mass is 16.2. The minimum absolute atomic E-state index is 0.0192. The Morgan fingerprint density at radius 2 is 2.14 bits per heavy atom.